The first-order valence-electron chi connectivity index (χ1n) is 8.41. The Balaban J connectivity index is 2.15. The summed E-state index contributed by atoms with van der Waals surface area (Å²) in [5.74, 6) is 0.365. The van der Waals surface area contributed by atoms with Crippen LogP contribution in [0.1, 0.15) is 24.9 Å². The quantitative estimate of drug-likeness (QED) is 0.661. The van der Waals surface area contributed by atoms with Crippen LogP contribution in [0.15, 0.2) is 53.0 Å². The Morgan fingerprint density at radius 3 is 2.22 bits per heavy atom. The van der Waals surface area contributed by atoms with Gasteiger partial charge in [-0.05, 0) is 48.4 Å². The Morgan fingerprint density at radius 1 is 1.15 bits per heavy atom. The van der Waals surface area contributed by atoms with E-state index in [0.29, 0.717) is 12.1 Å². The lowest BCUT2D eigenvalue weighted by Gasteiger charge is -2.24. The van der Waals surface area contributed by atoms with Gasteiger partial charge >= 0.3 is 0 Å². The molecule has 0 aliphatic rings. The van der Waals surface area contributed by atoms with Crippen molar-refractivity contribution in [2.24, 2.45) is 0 Å². The van der Waals surface area contributed by atoms with Gasteiger partial charge in [0.25, 0.3) is 0 Å². The molecule has 0 unspecified atom stereocenters. The third-order valence-electron chi connectivity index (χ3n) is 4.06. The van der Waals surface area contributed by atoms with E-state index in [1.165, 1.54) is 0 Å². The highest BCUT2D eigenvalue weighted by molar-refractivity contribution is 9.10. The van der Waals surface area contributed by atoms with Gasteiger partial charge in [0, 0.05) is 4.47 Å². The molecule has 2 rings (SSSR count). The Morgan fingerprint density at radius 2 is 1.74 bits per heavy atom. The summed E-state index contributed by atoms with van der Waals surface area (Å²) in [4.78, 5) is 12.6. The Hall–Kier alpha value is -2.06. The number of hydrogen-bond acceptors (Lipinski definition) is 4. The van der Waals surface area contributed by atoms with E-state index >= 15 is 0 Å². The van der Waals surface area contributed by atoms with E-state index in [1.807, 2.05) is 31.2 Å². The van der Waals surface area contributed by atoms with Gasteiger partial charge in [-0.3, -0.25) is 9.10 Å². The van der Waals surface area contributed by atoms with Crippen molar-refractivity contribution in [3.63, 3.8) is 0 Å². The number of anilines is 1. The number of nitrogens with one attached hydrogen (secondary N) is 1. The van der Waals surface area contributed by atoms with E-state index in [2.05, 4.69) is 21.2 Å². The van der Waals surface area contributed by atoms with Crippen LogP contribution in [-0.2, 0) is 14.8 Å². The first-order valence-corrected chi connectivity index (χ1v) is 11.0. The summed E-state index contributed by atoms with van der Waals surface area (Å²) in [6, 6.07) is 14.0. The summed E-state index contributed by atoms with van der Waals surface area (Å²) in [5, 5.41) is 2.91. The molecule has 27 heavy (non-hydrogen) atoms. The Kier molecular flexibility index (Phi) is 7.26. The maximum Gasteiger partial charge on any atom is 0.241 e. The zero-order valence-corrected chi connectivity index (χ0v) is 17.9. The van der Waals surface area contributed by atoms with Gasteiger partial charge in [-0.15, -0.1) is 0 Å². The van der Waals surface area contributed by atoms with Gasteiger partial charge in [0.1, 0.15) is 12.3 Å². The number of carbonyl (C=O) groups is 1. The van der Waals surface area contributed by atoms with Crippen LogP contribution >= 0.6 is 15.9 Å². The number of sulfonamides is 1. The van der Waals surface area contributed by atoms with Crippen molar-refractivity contribution in [1.29, 1.82) is 0 Å². The molecule has 0 saturated carbocycles. The van der Waals surface area contributed by atoms with Gasteiger partial charge in [0.05, 0.1) is 25.1 Å². The predicted octanol–water partition coefficient (Wildman–Crippen LogP) is 3.49. The predicted molar refractivity (Wildman–Crippen MR) is 111 cm³/mol. The molecule has 0 bridgehead atoms. The van der Waals surface area contributed by atoms with Crippen molar-refractivity contribution in [3.05, 3.63) is 58.6 Å². The lowest BCUT2D eigenvalue weighted by molar-refractivity contribution is -0.120. The van der Waals surface area contributed by atoms with Crippen molar-refractivity contribution < 1.29 is 17.9 Å². The zero-order valence-electron chi connectivity index (χ0n) is 15.5. The summed E-state index contributed by atoms with van der Waals surface area (Å²) in [6.07, 6.45) is 1.76. The number of methoxy groups -OCH3 is 1. The number of benzene rings is 2. The number of amides is 1. The van der Waals surface area contributed by atoms with E-state index in [-0.39, 0.29) is 18.5 Å². The molecule has 0 spiro atoms. The zero-order chi connectivity index (χ0) is 20.0. The summed E-state index contributed by atoms with van der Waals surface area (Å²) in [5.41, 5.74) is 1.37. The molecular formula is C19H23BrN2O4S. The molecule has 0 aliphatic carbocycles. The summed E-state index contributed by atoms with van der Waals surface area (Å²) in [6.45, 7) is 1.67. The maximum absolute atomic E-state index is 12.6. The second-order valence-corrected chi connectivity index (χ2v) is 8.87. The molecule has 0 aliphatic heterocycles. The minimum absolute atomic E-state index is 0.213. The first-order chi connectivity index (χ1) is 12.7. The van der Waals surface area contributed by atoms with Crippen molar-refractivity contribution in [1.82, 2.24) is 5.32 Å². The molecule has 146 valence electrons. The van der Waals surface area contributed by atoms with E-state index in [9.17, 15) is 13.2 Å². The van der Waals surface area contributed by atoms with Gasteiger partial charge in [-0.25, -0.2) is 8.42 Å². The molecular weight excluding hydrogens is 432 g/mol. The molecule has 1 amide bonds. The summed E-state index contributed by atoms with van der Waals surface area (Å²) >= 11 is 3.32. The maximum atomic E-state index is 12.6. The third-order valence-corrected chi connectivity index (χ3v) is 5.73. The minimum Gasteiger partial charge on any atom is -0.497 e. The fraction of sp³-hybridized carbons (Fsp3) is 0.316. The van der Waals surface area contributed by atoms with E-state index in [1.54, 1.807) is 31.4 Å². The number of nitrogens with zero attached hydrogens (tertiary/aromatic N) is 1. The number of hydrogen-bond donors (Lipinski definition) is 1. The number of halogens is 1. The topological polar surface area (TPSA) is 75.7 Å². The van der Waals surface area contributed by atoms with E-state index in [4.69, 9.17) is 4.74 Å². The molecule has 6 nitrogen and oxygen atoms in total. The highest BCUT2D eigenvalue weighted by Crippen LogP contribution is 2.22. The molecule has 2 aromatic carbocycles. The van der Waals surface area contributed by atoms with Crippen LogP contribution in [0.25, 0.3) is 0 Å². The van der Waals surface area contributed by atoms with E-state index < -0.39 is 10.0 Å². The van der Waals surface area contributed by atoms with Gasteiger partial charge in [-0.1, -0.05) is 35.0 Å². The van der Waals surface area contributed by atoms with Crippen LogP contribution in [0.2, 0.25) is 0 Å². The normalized spacial score (nSPS) is 12.3. The molecule has 1 N–H and O–H groups in total. The van der Waals surface area contributed by atoms with Crippen LogP contribution in [0.5, 0.6) is 5.75 Å². The van der Waals surface area contributed by atoms with Crippen LogP contribution < -0.4 is 14.4 Å². The lowest BCUT2D eigenvalue weighted by atomic mass is 10.0. The molecule has 0 radical (unpaired) electrons. The molecule has 0 aromatic heterocycles. The molecule has 2 aromatic rings. The fourth-order valence-electron chi connectivity index (χ4n) is 2.64. The highest BCUT2D eigenvalue weighted by atomic mass is 79.9. The second kappa shape index (κ2) is 9.23. The first kappa shape index (κ1) is 21.2. The second-order valence-electron chi connectivity index (χ2n) is 6.05. The molecule has 8 heteroatoms. The van der Waals surface area contributed by atoms with Crippen LogP contribution in [-0.4, -0.2) is 34.2 Å². The van der Waals surface area contributed by atoms with Crippen LogP contribution in [0, 0.1) is 0 Å². The summed E-state index contributed by atoms with van der Waals surface area (Å²) in [7, 11) is -2.01. The van der Waals surface area contributed by atoms with Gasteiger partial charge in [0.2, 0.25) is 15.9 Å². The average Bonchev–Trinajstić information content (AvgIpc) is 2.64. The molecule has 0 heterocycles. The lowest BCUT2D eigenvalue weighted by Crippen LogP contribution is -2.41. The van der Waals surface area contributed by atoms with Crippen molar-refractivity contribution >= 4 is 37.5 Å². The van der Waals surface area contributed by atoms with Gasteiger partial charge in [-0.2, -0.15) is 0 Å². The SMILES string of the molecule is CC[C@@H](NC(=O)CN(c1ccc(Br)cc1)S(C)(=O)=O)c1ccc(OC)cc1. The van der Waals surface area contributed by atoms with E-state index in [0.717, 1.165) is 26.3 Å². The Labute approximate surface area is 168 Å². The minimum atomic E-state index is -3.60. The van der Waals surface area contributed by atoms with Crippen molar-refractivity contribution in [3.8, 4) is 5.75 Å². The number of carbonyl (C=O) groups excluding carboxylic acids is 1. The largest absolute Gasteiger partial charge is 0.497 e. The van der Waals surface area contributed by atoms with Gasteiger partial charge < -0.3 is 10.1 Å². The smallest absolute Gasteiger partial charge is 0.241 e. The third kappa shape index (κ3) is 5.97. The van der Waals surface area contributed by atoms with Crippen molar-refractivity contribution in [2.75, 3.05) is 24.2 Å². The monoisotopic (exact) mass is 454 g/mol. The number of ether oxygens (including phenoxy) is 1. The van der Waals surface area contributed by atoms with Crippen LogP contribution in [0.3, 0.4) is 0 Å². The number of rotatable bonds is 8. The van der Waals surface area contributed by atoms with Gasteiger partial charge in [0.15, 0.2) is 0 Å². The molecule has 1 atom stereocenters. The fourth-order valence-corrected chi connectivity index (χ4v) is 3.76. The van der Waals surface area contributed by atoms with Crippen LogP contribution in [0.4, 0.5) is 5.69 Å². The average molecular weight is 455 g/mol. The molecule has 0 fully saturated rings. The Bertz CT molecular complexity index is 868. The van der Waals surface area contributed by atoms with Crippen molar-refractivity contribution in [2.45, 2.75) is 19.4 Å². The summed E-state index contributed by atoms with van der Waals surface area (Å²) < 4.78 is 31.4. The highest BCUT2D eigenvalue weighted by Gasteiger charge is 2.22. The standard InChI is InChI=1S/C19H23BrN2O4S/c1-4-18(14-5-11-17(26-2)12-6-14)21-19(23)13-22(27(3,24)25)16-9-7-15(20)8-10-16/h5-12,18H,4,13H2,1-3H3,(H,21,23)/t18-/m1/s1. The molecule has 0 saturated heterocycles.